The fourth-order valence-electron chi connectivity index (χ4n) is 2.63. The second-order valence-corrected chi connectivity index (χ2v) is 5.60. The van der Waals surface area contributed by atoms with E-state index < -0.39 is 0 Å². The van der Waals surface area contributed by atoms with Crippen molar-refractivity contribution in [2.75, 3.05) is 39.1 Å². The molecule has 0 amide bonds. The van der Waals surface area contributed by atoms with Gasteiger partial charge in [0.15, 0.2) is 0 Å². The molecule has 1 aliphatic heterocycles. The van der Waals surface area contributed by atoms with E-state index in [0.29, 0.717) is 12.1 Å². The first kappa shape index (κ1) is 14.3. The van der Waals surface area contributed by atoms with Gasteiger partial charge < -0.3 is 15.1 Å². The molecule has 1 aliphatic rings. The minimum Gasteiger partial charge on any atom is -0.357 e. The third-order valence-corrected chi connectivity index (χ3v) is 4.30. The molecule has 0 aromatic carbocycles. The highest BCUT2D eigenvalue weighted by Crippen LogP contribution is 2.22. The molecule has 1 aromatic heterocycles. The maximum absolute atomic E-state index is 4.53. The van der Waals surface area contributed by atoms with Gasteiger partial charge in [0.05, 0.1) is 0 Å². The Labute approximate surface area is 116 Å². The van der Waals surface area contributed by atoms with Crippen LogP contribution in [0, 0.1) is 0 Å². The van der Waals surface area contributed by atoms with Crippen LogP contribution < -0.4 is 10.2 Å². The highest BCUT2D eigenvalue weighted by atomic mass is 15.2. The van der Waals surface area contributed by atoms with Crippen LogP contribution in [-0.2, 0) is 0 Å². The number of nitrogens with zero attached hydrogens (tertiary/aromatic N) is 3. The average Bonchev–Trinajstić information content (AvgIpc) is 2.46. The fourth-order valence-corrected chi connectivity index (χ4v) is 2.63. The average molecular weight is 262 g/mol. The zero-order chi connectivity index (χ0) is 13.8. The van der Waals surface area contributed by atoms with Gasteiger partial charge in [-0.1, -0.05) is 0 Å². The van der Waals surface area contributed by atoms with Gasteiger partial charge in [0.1, 0.15) is 5.82 Å². The van der Waals surface area contributed by atoms with E-state index in [1.807, 2.05) is 13.2 Å². The predicted molar refractivity (Wildman–Crippen MR) is 80.6 cm³/mol. The summed E-state index contributed by atoms with van der Waals surface area (Å²) in [5, 5.41) is 3.28. The molecule has 1 saturated heterocycles. The van der Waals surface area contributed by atoms with Crippen molar-refractivity contribution in [1.82, 2.24) is 15.2 Å². The van der Waals surface area contributed by atoms with Crippen LogP contribution in [0.3, 0.4) is 0 Å². The summed E-state index contributed by atoms with van der Waals surface area (Å²) in [5.74, 6) is 1.09. The Morgan fingerprint density at radius 1 is 1.42 bits per heavy atom. The van der Waals surface area contributed by atoms with Crippen LogP contribution in [0.25, 0.3) is 0 Å². The van der Waals surface area contributed by atoms with Crippen LogP contribution in [0.4, 0.5) is 5.82 Å². The molecule has 1 N–H and O–H groups in total. The zero-order valence-corrected chi connectivity index (χ0v) is 12.6. The topological polar surface area (TPSA) is 31.4 Å². The van der Waals surface area contributed by atoms with Gasteiger partial charge in [-0.2, -0.15) is 0 Å². The zero-order valence-electron chi connectivity index (χ0n) is 12.6. The molecule has 0 spiro atoms. The summed E-state index contributed by atoms with van der Waals surface area (Å²) in [5.41, 5.74) is 1.30. The normalized spacial score (nSPS) is 19.4. The maximum atomic E-state index is 4.53. The van der Waals surface area contributed by atoms with Crippen LogP contribution >= 0.6 is 0 Å². The van der Waals surface area contributed by atoms with Gasteiger partial charge in [-0.25, -0.2) is 4.98 Å². The third kappa shape index (κ3) is 3.45. The van der Waals surface area contributed by atoms with Crippen molar-refractivity contribution in [3.8, 4) is 0 Å². The number of aromatic nitrogens is 1. The molecule has 4 heteroatoms. The molecule has 1 fully saturated rings. The summed E-state index contributed by atoms with van der Waals surface area (Å²) >= 11 is 0. The summed E-state index contributed by atoms with van der Waals surface area (Å²) in [6.07, 6.45) is 4.37. The van der Waals surface area contributed by atoms with Crippen molar-refractivity contribution >= 4 is 5.82 Å². The molecule has 1 unspecified atom stereocenters. The summed E-state index contributed by atoms with van der Waals surface area (Å²) in [4.78, 5) is 9.28. The SMILES string of the molecule is CNC(C)c1ccnc(N(C)C2CCN(C)CC2)c1. The summed E-state index contributed by atoms with van der Waals surface area (Å²) in [6, 6.07) is 5.28. The lowest BCUT2D eigenvalue weighted by molar-refractivity contribution is 0.252. The minimum atomic E-state index is 0.368. The second-order valence-electron chi connectivity index (χ2n) is 5.60. The molecule has 0 aliphatic carbocycles. The van der Waals surface area contributed by atoms with E-state index in [9.17, 15) is 0 Å². The van der Waals surface area contributed by atoms with E-state index in [1.165, 1.54) is 31.5 Å². The summed E-state index contributed by atoms with van der Waals surface area (Å²) in [6.45, 7) is 4.54. The van der Waals surface area contributed by atoms with Crippen molar-refractivity contribution in [2.45, 2.75) is 31.8 Å². The van der Waals surface area contributed by atoms with E-state index in [4.69, 9.17) is 0 Å². The highest BCUT2D eigenvalue weighted by molar-refractivity contribution is 5.42. The van der Waals surface area contributed by atoms with Gasteiger partial charge in [0.2, 0.25) is 0 Å². The Bertz CT molecular complexity index is 399. The van der Waals surface area contributed by atoms with Gasteiger partial charge in [-0.3, -0.25) is 0 Å². The van der Waals surface area contributed by atoms with E-state index in [0.717, 1.165) is 5.82 Å². The Hall–Kier alpha value is -1.13. The molecule has 19 heavy (non-hydrogen) atoms. The predicted octanol–water partition coefficient (Wildman–Crippen LogP) is 1.89. The first-order valence-corrected chi connectivity index (χ1v) is 7.16. The monoisotopic (exact) mass is 262 g/mol. The van der Waals surface area contributed by atoms with Crippen LogP contribution in [-0.4, -0.2) is 50.2 Å². The third-order valence-electron chi connectivity index (χ3n) is 4.30. The van der Waals surface area contributed by atoms with Gasteiger partial charge in [-0.15, -0.1) is 0 Å². The number of piperidine rings is 1. The Kier molecular flexibility index (Phi) is 4.77. The van der Waals surface area contributed by atoms with E-state index in [2.05, 4.69) is 53.3 Å². The molecular weight excluding hydrogens is 236 g/mol. The standard InChI is InChI=1S/C15H26N4/c1-12(16-2)13-5-8-17-15(11-13)19(4)14-6-9-18(3)10-7-14/h5,8,11-12,14,16H,6-7,9-10H2,1-4H3. The second kappa shape index (κ2) is 6.35. The van der Waals surface area contributed by atoms with Gasteiger partial charge >= 0.3 is 0 Å². The number of anilines is 1. The quantitative estimate of drug-likeness (QED) is 0.898. The number of pyridine rings is 1. The molecule has 4 nitrogen and oxygen atoms in total. The van der Waals surface area contributed by atoms with Gasteiger partial charge in [0.25, 0.3) is 0 Å². The molecule has 106 valence electrons. The lowest BCUT2D eigenvalue weighted by atomic mass is 10.0. The van der Waals surface area contributed by atoms with E-state index >= 15 is 0 Å². The molecular formula is C15H26N4. The summed E-state index contributed by atoms with van der Waals surface area (Å²) < 4.78 is 0. The fraction of sp³-hybridized carbons (Fsp3) is 0.667. The van der Waals surface area contributed by atoms with Crippen molar-refractivity contribution in [3.63, 3.8) is 0 Å². The molecule has 1 atom stereocenters. The van der Waals surface area contributed by atoms with Gasteiger partial charge in [-0.05, 0) is 64.6 Å². The number of likely N-dealkylation sites (tertiary alicyclic amines) is 1. The number of rotatable bonds is 4. The summed E-state index contributed by atoms with van der Waals surface area (Å²) in [7, 11) is 6.36. The highest BCUT2D eigenvalue weighted by Gasteiger charge is 2.21. The van der Waals surface area contributed by atoms with E-state index in [1.54, 1.807) is 0 Å². The lowest BCUT2D eigenvalue weighted by Gasteiger charge is -2.36. The Morgan fingerprint density at radius 2 is 2.11 bits per heavy atom. The molecule has 0 saturated carbocycles. The number of nitrogens with one attached hydrogen (secondary N) is 1. The van der Waals surface area contributed by atoms with Crippen molar-refractivity contribution in [2.24, 2.45) is 0 Å². The molecule has 1 aromatic rings. The van der Waals surface area contributed by atoms with E-state index in [-0.39, 0.29) is 0 Å². The first-order chi connectivity index (χ1) is 9.11. The smallest absolute Gasteiger partial charge is 0.128 e. The first-order valence-electron chi connectivity index (χ1n) is 7.16. The van der Waals surface area contributed by atoms with Crippen molar-refractivity contribution < 1.29 is 0 Å². The molecule has 2 heterocycles. The van der Waals surface area contributed by atoms with Crippen molar-refractivity contribution in [1.29, 1.82) is 0 Å². The van der Waals surface area contributed by atoms with Crippen LogP contribution in [0.1, 0.15) is 31.4 Å². The minimum absolute atomic E-state index is 0.368. The molecule has 0 bridgehead atoms. The molecule has 0 radical (unpaired) electrons. The maximum Gasteiger partial charge on any atom is 0.128 e. The Balaban J connectivity index is 2.08. The van der Waals surface area contributed by atoms with Gasteiger partial charge in [0, 0.05) is 25.3 Å². The largest absolute Gasteiger partial charge is 0.357 e. The van der Waals surface area contributed by atoms with Crippen LogP contribution in [0.2, 0.25) is 0 Å². The number of hydrogen-bond acceptors (Lipinski definition) is 4. The van der Waals surface area contributed by atoms with Crippen LogP contribution in [0.5, 0.6) is 0 Å². The van der Waals surface area contributed by atoms with Crippen LogP contribution in [0.15, 0.2) is 18.3 Å². The van der Waals surface area contributed by atoms with Crippen molar-refractivity contribution in [3.05, 3.63) is 23.9 Å². The molecule has 2 rings (SSSR count). The Morgan fingerprint density at radius 3 is 2.74 bits per heavy atom. The lowest BCUT2D eigenvalue weighted by Crippen LogP contribution is -2.42. The number of hydrogen-bond donors (Lipinski definition) is 1.